The van der Waals surface area contributed by atoms with Crippen LogP contribution in [-0.4, -0.2) is 10.9 Å². The summed E-state index contributed by atoms with van der Waals surface area (Å²) in [5.41, 5.74) is 1.98. The van der Waals surface area contributed by atoms with Crippen LogP contribution in [0.1, 0.15) is 10.4 Å². The number of para-hydroxylation sites is 1. The Bertz CT molecular complexity index is 830. The average molecular weight is 359 g/mol. The highest BCUT2D eigenvalue weighted by Crippen LogP contribution is 2.24. The SMILES string of the molecule is O=C(Nc1cccc2cccnc12)c1ccc(Br)cc1S. The lowest BCUT2D eigenvalue weighted by molar-refractivity contribution is 0.102. The molecule has 5 heteroatoms. The van der Waals surface area contributed by atoms with Crippen LogP contribution in [0, 0.1) is 0 Å². The summed E-state index contributed by atoms with van der Waals surface area (Å²) in [5.74, 6) is -0.203. The summed E-state index contributed by atoms with van der Waals surface area (Å²) in [5, 5.41) is 3.88. The lowest BCUT2D eigenvalue weighted by Crippen LogP contribution is -2.13. The summed E-state index contributed by atoms with van der Waals surface area (Å²) in [6, 6.07) is 14.9. The van der Waals surface area contributed by atoms with Crippen molar-refractivity contribution in [2.75, 3.05) is 5.32 Å². The Kier molecular flexibility index (Phi) is 3.94. The van der Waals surface area contributed by atoms with Crippen molar-refractivity contribution in [3.05, 3.63) is 64.8 Å². The van der Waals surface area contributed by atoms with Crippen LogP contribution < -0.4 is 5.32 Å². The van der Waals surface area contributed by atoms with Gasteiger partial charge in [-0.2, -0.15) is 0 Å². The number of nitrogens with one attached hydrogen (secondary N) is 1. The molecule has 1 heterocycles. The van der Waals surface area contributed by atoms with Crippen molar-refractivity contribution < 1.29 is 4.79 Å². The molecule has 0 bridgehead atoms. The van der Waals surface area contributed by atoms with Gasteiger partial charge in [0.25, 0.3) is 5.91 Å². The van der Waals surface area contributed by atoms with Gasteiger partial charge < -0.3 is 5.32 Å². The second kappa shape index (κ2) is 5.87. The summed E-state index contributed by atoms with van der Waals surface area (Å²) in [6.07, 6.45) is 1.71. The zero-order valence-electron chi connectivity index (χ0n) is 10.9. The van der Waals surface area contributed by atoms with E-state index in [2.05, 4.69) is 38.9 Å². The fourth-order valence-electron chi connectivity index (χ4n) is 2.09. The topological polar surface area (TPSA) is 42.0 Å². The quantitative estimate of drug-likeness (QED) is 0.660. The first kappa shape index (κ1) is 14.1. The number of thiol groups is 1. The van der Waals surface area contributed by atoms with Gasteiger partial charge in [-0.15, -0.1) is 12.6 Å². The average Bonchev–Trinajstić information content (AvgIpc) is 2.47. The van der Waals surface area contributed by atoms with E-state index < -0.39 is 0 Å². The monoisotopic (exact) mass is 358 g/mol. The number of anilines is 1. The smallest absolute Gasteiger partial charge is 0.256 e. The van der Waals surface area contributed by atoms with Crippen LogP contribution in [-0.2, 0) is 0 Å². The second-order valence-electron chi connectivity index (χ2n) is 4.50. The minimum atomic E-state index is -0.203. The van der Waals surface area contributed by atoms with Crippen LogP contribution in [0.3, 0.4) is 0 Å². The molecule has 0 radical (unpaired) electrons. The molecule has 0 aliphatic carbocycles. The Balaban J connectivity index is 1.97. The molecule has 3 rings (SSSR count). The molecule has 21 heavy (non-hydrogen) atoms. The maximum Gasteiger partial charge on any atom is 0.256 e. The minimum absolute atomic E-state index is 0.203. The molecule has 0 unspecified atom stereocenters. The van der Waals surface area contributed by atoms with E-state index in [4.69, 9.17) is 0 Å². The summed E-state index contributed by atoms with van der Waals surface area (Å²) in [7, 11) is 0. The molecular formula is C16H11BrN2OS. The van der Waals surface area contributed by atoms with Gasteiger partial charge in [0.1, 0.15) is 0 Å². The van der Waals surface area contributed by atoms with Crippen LogP contribution >= 0.6 is 28.6 Å². The first-order chi connectivity index (χ1) is 10.1. The van der Waals surface area contributed by atoms with Crippen molar-refractivity contribution in [2.45, 2.75) is 4.90 Å². The fourth-order valence-corrected chi connectivity index (χ4v) is 2.94. The van der Waals surface area contributed by atoms with Gasteiger partial charge in [-0.1, -0.05) is 34.1 Å². The van der Waals surface area contributed by atoms with Gasteiger partial charge >= 0.3 is 0 Å². The van der Waals surface area contributed by atoms with E-state index in [1.54, 1.807) is 18.3 Å². The Morgan fingerprint density at radius 3 is 2.76 bits per heavy atom. The largest absolute Gasteiger partial charge is 0.320 e. The number of nitrogens with zero attached hydrogens (tertiary/aromatic N) is 1. The highest BCUT2D eigenvalue weighted by molar-refractivity contribution is 9.10. The molecule has 1 N–H and O–H groups in total. The van der Waals surface area contributed by atoms with Crippen molar-refractivity contribution in [1.82, 2.24) is 4.98 Å². The molecule has 3 nitrogen and oxygen atoms in total. The van der Waals surface area contributed by atoms with Crippen LogP contribution in [0.2, 0.25) is 0 Å². The molecule has 0 aliphatic rings. The number of benzene rings is 2. The molecular weight excluding hydrogens is 348 g/mol. The molecule has 1 aromatic heterocycles. The van der Waals surface area contributed by atoms with Crippen molar-refractivity contribution >= 4 is 51.1 Å². The first-order valence-electron chi connectivity index (χ1n) is 6.29. The number of carbonyl (C=O) groups is 1. The van der Waals surface area contributed by atoms with E-state index in [-0.39, 0.29) is 5.91 Å². The fraction of sp³-hybridized carbons (Fsp3) is 0. The number of amides is 1. The van der Waals surface area contributed by atoms with Crippen LogP contribution in [0.15, 0.2) is 64.1 Å². The molecule has 2 aromatic carbocycles. The summed E-state index contributed by atoms with van der Waals surface area (Å²) in [6.45, 7) is 0. The Morgan fingerprint density at radius 1 is 1.14 bits per heavy atom. The van der Waals surface area contributed by atoms with Gasteiger partial charge in [-0.25, -0.2) is 0 Å². The van der Waals surface area contributed by atoms with E-state index in [0.29, 0.717) is 16.1 Å². The number of halogens is 1. The third kappa shape index (κ3) is 2.94. The molecule has 3 aromatic rings. The maximum absolute atomic E-state index is 12.4. The lowest BCUT2D eigenvalue weighted by Gasteiger charge is -2.09. The number of carbonyl (C=O) groups excluding carboxylic acids is 1. The first-order valence-corrected chi connectivity index (χ1v) is 7.53. The summed E-state index contributed by atoms with van der Waals surface area (Å²) < 4.78 is 0.885. The lowest BCUT2D eigenvalue weighted by atomic mass is 10.1. The van der Waals surface area contributed by atoms with E-state index in [0.717, 1.165) is 15.4 Å². The number of hydrogen-bond acceptors (Lipinski definition) is 3. The predicted octanol–water partition coefficient (Wildman–Crippen LogP) is 4.54. The molecule has 0 aliphatic heterocycles. The van der Waals surface area contributed by atoms with Gasteiger partial charge in [0.2, 0.25) is 0 Å². The van der Waals surface area contributed by atoms with E-state index >= 15 is 0 Å². The van der Waals surface area contributed by atoms with E-state index in [9.17, 15) is 4.79 Å². The second-order valence-corrected chi connectivity index (χ2v) is 5.89. The van der Waals surface area contributed by atoms with Crippen molar-refractivity contribution in [2.24, 2.45) is 0 Å². The van der Waals surface area contributed by atoms with Crippen molar-refractivity contribution in [1.29, 1.82) is 0 Å². The van der Waals surface area contributed by atoms with Gasteiger partial charge in [0.05, 0.1) is 16.8 Å². The molecule has 0 spiro atoms. The summed E-state index contributed by atoms with van der Waals surface area (Å²) >= 11 is 7.69. The van der Waals surface area contributed by atoms with Crippen molar-refractivity contribution in [3.63, 3.8) is 0 Å². The maximum atomic E-state index is 12.4. The standard InChI is InChI=1S/C16H11BrN2OS/c17-11-6-7-12(14(21)9-11)16(20)19-13-5-1-3-10-4-2-8-18-15(10)13/h1-9,21H,(H,19,20). The van der Waals surface area contributed by atoms with Gasteiger partial charge in [0.15, 0.2) is 0 Å². The molecule has 1 amide bonds. The predicted molar refractivity (Wildman–Crippen MR) is 91.1 cm³/mol. The number of aromatic nitrogens is 1. The zero-order valence-corrected chi connectivity index (χ0v) is 13.4. The highest BCUT2D eigenvalue weighted by Gasteiger charge is 2.12. The molecule has 104 valence electrons. The number of rotatable bonds is 2. The Hall–Kier alpha value is -1.85. The van der Waals surface area contributed by atoms with Crippen LogP contribution in [0.5, 0.6) is 0 Å². The van der Waals surface area contributed by atoms with E-state index in [1.807, 2.05) is 36.4 Å². The Morgan fingerprint density at radius 2 is 1.95 bits per heavy atom. The number of hydrogen-bond donors (Lipinski definition) is 2. The highest BCUT2D eigenvalue weighted by atomic mass is 79.9. The molecule has 0 saturated heterocycles. The van der Waals surface area contributed by atoms with Gasteiger partial charge in [-0.3, -0.25) is 9.78 Å². The normalized spacial score (nSPS) is 10.6. The van der Waals surface area contributed by atoms with Crippen LogP contribution in [0.4, 0.5) is 5.69 Å². The van der Waals surface area contributed by atoms with E-state index in [1.165, 1.54) is 0 Å². The number of fused-ring (bicyclic) bond motifs is 1. The third-order valence-corrected chi connectivity index (χ3v) is 3.95. The van der Waals surface area contributed by atoms with Crippen molar-refractivity contribution in [3.8, 4) is 0 Å². The third-order valence-electron chi connectivity index (χ3n) is 3.09. The van der Waals surface area contributed by atoms with Gasteiger partial charge in [-0.05, 0) is 30.3 Å². The minimum Gasteiger partial charge on any atom is -0.320 e. The van der Waals surface area contributed by atoms with Gasteiger partial charge in [0, 0.05) is 21.0 Å². The summed E-state index contributed by atoms with van der Waals surface area (Å²) in [4.78, 5) is 17.3. The molecule has 0 fully saturated rings. The molecule has 0 saturated carbocycles. The number of pyridine rings is 1. The molecule has 0 atom stereocenters. The Labute approximate surface area is 135 Å². The van der Waals surface area contributed by atoms with Crippen LogP contribution in [0.25, 0.3) is 10.9 Å². The zero-order chi connectivity index (χ0) is 14.8.